The first-order chi connectivity index (χ1) is 9.43. The molecule has 1 rings (SSSR count). The Balaban J connectivity index is 2.83. The SMILES string of the molecule is CCCN(C=O)C(C)(CCc1ccc(O)cc1)C(=O)O. The van der Waals surface area contributed by atoms with Gasteiger partial charge in [0.1, 0.15) is 11.3 Å². The van der Waals surface area contributed by atoms with Gasteiger partial charge in [0.15, 0.2) is 0 Å². The molecule has 1 amide bonds. The largest absolute Gasteiger partial charge is 0.508 e. The van der Waals surface area contributed by atoms with Crippen LogP contribution < -0.4 is 0 Å². The average molecular weight is 279 g/mol. The summed E-state index contributed by atoms with van der Waals surface area (Å²) in [5.41, 5.74) is -0.284. The van der Waals surface area contributed by atoms with E-state index in [9.17, 15) is 19.8 Å². The number of benzene rings is 1. The summed E-state index contributed by atoms with van der Waals surface area (Å²) in [6, 6.07) is 6.64. The molecule has 5 nitrogen and oxygen atoms in total. The maximum Gasteiger partial charge on any atom is 0.329 e. The van der Waals surface area contributed by atoms with Crippen LogP contribution in [0.5, 0.6) is 5.75 Å². The number of aryl methyl sites for hydroxylation is 1. The maximum absolute atomic E-state index is 11.5. The minimum absolute atomic E-state index is 0.176. The van der Waals surface area contributed by atoms with Crippen molar-refractivity contribution in [2.75, 3.05) is 6.54 Å². The molecule has 0 fully saturated rings. The summed E-state index contributed by atoms with van der Waals surface area (Å²) in [6.07, 6.45) is 2.16. The number of phenolic OH excluding ortho intramolecular Hbond substituents is 1. The summed E-state index contributed by atoms with van der Waals surface area (Å²) in [4.78, 5) is 24.0. The minimum Gasteiger partial charge on any atom is -0.508 e. The third-order valence-electron chi connectivity index (χ3n) is 3.52. The number of aromatic hydroxyl groups is 1. The monoisotopic (exact) mass is 279 g/mol. The van der Waals surface area contributed by atoms with Crippen molar-refractivity contribution < 1.29 is 19.8 Å². The quantitative estimate of drug-likeness (QED) is 0.714. The molecule has 0 saturated heterocycles. The fourth-order valence-corrected chi connectivity index (χ4v) is 2.08. The van der Waals surface area contributed by atoms with E-state index in [0.717, 1.165) is 5.56 Å². The molecule has 1 unspecified atom stereocenters. The highest BCUT2D eigenvalue weighted by molar-refractivity contribution is 5.81. The molecular formula is C15H21NO4. The first-order valence-corrected chi connectivity index (χ1v) is 6.67. The van der Waals surface area contributed by atoms with Crippen molar-refractivity contribution in [3.05, 3.63) is 29.8 Å². The van der Waals surface area contributed by atoms with Crippen LogP contribution in [-0.4, -0.2) is 39.6 Å². The van der Waals surface area contributed by atoms with Gasteiger partial charge in [-0.2, -0.15) is 0 Å². The molecule has 0 aliphatic rings. The number of hydrogen-bond acceptors (Lipinski definition) is 3. The van der Waals surface area contributed by atoms with Crippen LogP contribution in [-0.2, 0) is 16.0 Å². The molecule has 1 aromatic rings. The molecule has 0 saturated carbocycles. The normalized spacial score (nSPS) is 13.5. The predicted octanol–water partition coefficient (Wildman–Crippen LogP) is 2.04. The third-order valence-corrected chi connectivity index (χ3v) is 3.52. The molecule has 0 spiro atoms. The van der Waals surface area contributed by atoms with Crippen LogP contribution in [0.25, 0.3) is 0 Å². The van der Waals surface area contributed by atoms with E-state index in [2.05, 4.69) is 0 Å². The lowest BCUT2D eigenvalue weighted by molar-refractivity contribution is -0.154. The summed E-state index contributed by atoms with van der Waals surface area (Å²) in [7, 11) is 0. The number of carboxylic acids is 1. The molecule has 0 aliphatic heterocycles. The van der Waals surface area contributed by atoms with Crippen LogP contribution in [0.15, 0.2) is 24.3 Å². The number of rotatable bonds is 8. The number of amides is 1. The highest BCUT2D eigenvalue weighted by atomic mass is 16.4. The highest BCUT2D eigenvalue weighted by Crippen LogP contribution is 2.22. The molecular weight excluding hydrogens is 258 g/mol. The zero-order chi connectivity index (χ0) is 15.2. The van der Waals surface area contributed by atoms with Crippen LogP contribution in [0, 0.1) is 0 Å². The molecule has 0 aliphatic carbocycles. The van der Waals surface area contributed by atoms with E-state index in [-0.39, 0.29) is 5.75 Å². The molecule has 0 aromatic heterocycles. The number of phenols is 1. The standard InChI is InChI=1S/C15H21NO4/c1-3-10-16(11-17)15(2,14(19)20)9-8-12-4-6-13(18)7-5-12/h4-7,11,18H,3,8-10H2,1-2H3,(H,19,20). The molecule has 2 N–H and O–H groups in total. The van der Waals surface area contributed by atoms with Gasteiger partial charge in [0.05, 0.1) is 0 Å². The molecule has 0 radical (unpaired) electrons. The Bertz CT molecular complexity index is 457. The van der Waals surface area contributed by atoms with Gasteiger partial charge >= 0.3 is 5.97 Å². The Labute approximate surface area is 118 Å². The van der Waals surface area contributed by atoms with E-state index >= 15 is 0 Å². The van der Waals surface area contributed by atoms with Crippen molar-refractivity contribution in [2.45, 2.75) is 38.6 Å². The number of aliphatic carboxylic acids is 1. The fraction of sp³-hybridized carbons (Fsp3) is 0.467. The number of nitrogens with zero attached hydrogens (tertiary/aromatic N) is 1. The molecule has 5 heteroatoms. The van der Waals surface area contributed by atoms with E-state index in [0.29, 0.717) is 32.2 Å². The summed E-state index contributed by atoms with van der Waals surface area (Å²) in [5, 5.41) is 18.7. The summed E-state index contributed by atoms with van der Waals surface area (Å²) in [6.45, 7) is 3.89. The number of hydrogen-bond donors (Lipinski definition) is 2. The van der Waals surface area contributed by atoms with Gasteiger partial charge < -0.3 is 15.1 Å². The maximum atomic E-state index is 11.5. The van der Waals surface area contributed by atoms with Crippen LogP contribution >= 0.6 is 0 Å². The number of carboxylic acid groups (broad SMARTS) is 1. The average Bonchev–Trinajstić information content (AvgIpc) is 2.43. The van der Waals surface area contributed by atoms with Gasteiger partial charge in [-0.3, -0.25) is 4.79 Å². The van der Waals surface area contributed by atoms with Crippen molar-refractivity contribution in [3.8, 4) is 5.75 Å². The second-order valence-electron chi connectivity index (χ2n) is 5.04. The zero-order valence-electron chi connectivity index (χ0n) is 11.9. The van der Waals surface area contributed by atoms with Crippen molar-refractivity contribution in [1.29, 1.82) is 0 Å². The summed E-state index contributed by atoms with van der Waals surface area (Å²) < 4.78 is 0. The predicted molar refractivity (Wildman–Crippen MR) is 75.5 cm³/mol. The molecule has 20 heavy (non-hydrogen) atoms. The molecule has 110 valence electrons. The van der Waals surface area contributed by atoms with Crippen LogP contribution in [0.1, 0.15) is 32.3 Å². The Morgan fingerprint density at radius 1 is 1.35 bits per heavy atom. The first kappa shape index (κ1) is 16.0. The van der Waals surface area contributed by atoms with Crippen molar-refractivity contribution in [3.63, 3.8) is 0 Å². The second-order valence-corrected chi connectivity index (χ2v) is 5.04. The molecule has 1 atom stereocenters. The topological polar surface area (TPSA) is 77.8 Å². The number of carbonyl (C=O) groups excluding carboxylic acids is 1. The van der Waals surface area contributed by atoms with E-state index in [4.69, 9.17) is 0 Å². The Morgan fingerprint density at radius 2 is 1.95 bits per heavy atom. The second kappa shape index (κ2) is 6.93. The van der Waals surface area contributed by atoms with E-state index in [1.807, 2.05) is 6.92 Å². The lowest BCUT2D eigenvalue weighted by Crippen LogP contribution is -2.52. The smallest absolute Gasteiger partial charge is 0.329 e. The summed E-state index contributed by atoms with van der Waals surface area (Å²) >= 11 is 0. The van der Waals surface area contributed by atoms with Gasteiger partial charge in [0.2, 0.25) is 6.41 Å². The van der Waals surface area contributed by atoms with Gasteiger partial charge in [-0.05, 0) is 43.9 Å². The Morgan fingerprint density at radius 3 is 2.40 bits per heavy atom. The molecule has 0 heterocycles. The van der Waals surface area contributed by atoms with Crippen LogP contribution in [0.2, 0.25) is 0 Å². The van der Waals surface area contributed by atoms with Gasteiger partial charge in [-0.15, -0.1) is 0 Å². The summed E-state index contributed by atoms with van der Waals surface area (Å²) in [5.74, 6) is -0.827. The van der Waals surface area contributed by atoms with Gasteiger partial charge in [-0.25, -0.2) is 4.79 Å². The molecule has 0 bridgehead atoms. The van der Waals surface area contributed by atoms with Crippen LogP contribution in [0.4, 0.5) is 0 Å². The van der Waals surface area contributed by atoms with Gasteiger partial charge in [0.25, 0.3) is 0 Å². The van der Waals surface area contributed by atoms with Crippen molar-refractivity contribution >= 4 is 12.4 Å². The minimum atomic E-state index is -1.21. The van der Waals surface area contributed by atoms with E-state index < -0.39 is 11.5 Å². The zero-order valence-corrected chi connectivity index (χ0v) is 11.9. The Kier molecular flexibility index (Phi) is 5.55. The van der Waals surface area contributed by atoms with E-state index in [1.165, 1.54) is 4.90 Å². The van der Waals surface area contributed by atoms with Crippen LogP contribution in [0.3, 0.4) is 0 Å². The van der Waals surface area contributed by atoms with Crippen molar-refractivity contribution in [1.82, 2.24) is 4.90 Å². The highest BCUT2D eigenvalue weighted by Gasteiger charge is 2.38. The first-order valence-electron chi connectivity index (χ1n) is 6.67. The van der Waals surface area contributed by atoms with Gasteiger partial charge in [-0.1, -0.05) is 19.1 Å². The lowest BCUT2D eigenvalue weighted by Gasteiger charge is -2.35. The lowest BCUT2D eigenvalue weighted by atomic mass is 9.91. The number of carbonyl (C=O) groups is 2. The van der Waals surface area contributed by atoms with E-state index in [1.54, 1.807) is 31.2 Å². The Hall–Kier alpha value is -2.04. The third kappa shape index (κ3) is 3.73. The fourth-order valence-electron chi connectivity index (χ4n) is 2.08. The van der Waals surface area contributed by atoms with Crippen molar-refractivity contribution in [2.24, 2.45) is 0 Å². The van der Waals surface area contributed by atoms with Gasteiger partial charge in [0, 0.05) is 6.54 Å². The molecule has 1 aromatic carbocycles.